The van der Waals surface area contributed by atoms with E-state index in [-0.39, 0.29) is 11.8 Å². The molecule has 3 heteroatoms. The van der Waals surface area contributed by atoms with Crippen LogP contribution in [0.2, 0.25) is 0 Å². The van der Waals surface area contributed by atoms with E-state index in [0.717, 1.165) is 38.3 Å². The van der Waals surface area contributed by atoms with Crippen molar-refractivity contribution in [3.63, 3.8) is 0 Å². The van der Waals surface area contributed by atoms with Gasteiger partial charge >= 0.3 is 0 Å². The van der Waals surface area contributed by atoms with Gasteiger partial charge in [-0.25, -0.2) is 0 Å². The van der Waals surface area contributed by atoms with Crippen LogP contribution in [0.3, 0.4) is 0 Å². The molecular weight excluding hydrogens is 284 g/mol. The number of amides is 1. The van der Waals surface area contributed by atoms with Crippen molar-refractivity contribution in [2.75, 3.05) is 0 Å². The molecule has 1 heterocycles. The summed E-state index contributed by atoms with van der Waals surface area (Å²) in [5.41, 5.74) is 4.00. The zero-order chi connectivity index (χ0) is 16.1. The number of rotatable bonds is 7. The van der Waals surface area contributed by atoms with E-state index < -0.39 is 0 Å². The smallest absolute Gasteiger partial charge is 0.223 e. The molecule has 0 spiro atoms. The third kappa shape index (κ3) is 4.35. The quantitative estimate of drug-likeness (QED) is 0.801. The molecule has 1 aliphatic heterocycles. The van der Waals surface area contributed by atoms with Gasteiger partial charge in [-0.2, -0.15) is 0 Å². The maximum atomic E-state index is 12.6. The third-order valence-corrected chi connectivity index (χ3v) is 5.47. The van der Waals surface area contributed by atoms with Crippen molar-refractivity contribution in [2.45, 2.75) is 71.5 Å². The standard InChI is InChI=1S/C20H30N2O/c1-2-5-17(10-15-6-3-4-7-15)20(23)22-12-16-8-9-18-13-21-14-19(18)11-16/h8-9,11,15,17,21H,2-7,10,12-14H2,1H3,(H,22,23). The Bertz CT molecular complexity index is 534. The molecule has 23 heavy (non-hydrogen) atoms. The van der Waals surface area contributed by atoms with Crippen LogP contribution in [0.15, 0.2) is 18.2 Å². The van der Waals surface area contributed by atoms with Crippen LogP contribution in [0.1, 0.15) is 68.6 Å². The van der Waals surface area contributed by atoms with Crippen molar-refractivity contribution >= 4 is 5.91 Å². The summed E-state index contributed by atoms with van der Waals surface area (Å²) in [7, 11) is 0. The Balaban J connectivity index is 1.53. The predicted octanol–water partition coefficient (Wildman–Crippen LogP) is 3.90. The van der Waals surface area contributed by atoms with Gasteiger partial charge in [-0.05, 0) is 35.4 Å². The van der Waals surface area contributed by atoms with Gasteiger partial charge in [-0.15, -0.1) is 0 Å². The molecule has 1 aromatic carbocycles. The predicted molar refractivity (Wildman–Crippen MR) is 93.8 cm³/mol. The summed E-state index contributed by atoms with van der Waals surface area (Å²) in [4.78, 5) is 12.6. The Morgan fingerprint density at radius 1 is 1.26 bits per heavy atom. The summed E-state index contributed by atoms with van der Waals surface area (Å²) in [6.07, 6.45) is 8.57. The normalized spacial score (nSPS) is 18.8. The second-order valence-corrected chi connectivity index (χ2v) is 7.30. The van der Waals surface area contributed by atoms with Crippen LogP contribution in [-0.2, 0) is 24.4 Å². The summed E-state index contributed by atoms with van der Waals surface area (Å²) in [6.45, 7) is 4.78. The third-order valence-electron chi connectivity index (χ3n) is 5.47. The summed E-state index contributed by atoms with van der Waals surface area (Å²) in [5, 5.41) is 6.56. The first kappa shape index (κ1) is 16.5. The highest BCUT2D eigenvalue weighted by molar-refractivity contribution is 5.78. The van der Waals surface area contributed by atoms with Crippen molar-refractivity contribution in [3.05, 3.63) is 34.9 Å². The van der Waals surface area contributed by atoms with Gasteiger partial charge in [0.1, 0.15) is 0 Å². The van der Waals surface area contributed by atoms with Crippen molar-refractivity contribution in [1.82, 2.24) is 10.6 Å². The Morgan fingerprint density at radius 3 is 2.83 bits per heavy atom. The lowest BCUT2D eigenvalue weighted by atomic mass is 9.89. The van der Waals surface area contributed by atoms with Crippen LogP contribution in [0.4, 0.5) is 0 Å². The zero-order valence-electron chi connectivity index (χ0n) is 14.4. The molecule has 0 radical (unpaired) electrons. The van der Waals surface area contributed by atoms with Gasteiger partial charge < -0.3 is 10.6 Å². The average Bonchev–Trinajstić information content (AvgIpc) is 3.22. The molecule has 1 amide bonds. The highest BCUT2D eigenvalue weighted by Crippen LogP contribution is 2.31. The Hall–Kier alpha value is -1.35. The lowest BCUT2D eigenvalue weighted by Gasteiger charge is -2.19. The van der Waals surface area contributed by atoms with Crippen LogP contribution in [-0.4, -0.2) is 5.91 Å². The van der Waals surface area contributed by atoms with E-state index in [4.69, 9.17) is 0 Å². The minimum absolute atomic E-state index is 0.208. The second-order valence-electron chi connectivity index (χ2n) is 7.30. The molecule has 0 aromatic heterocycles. The van der Waals surface area contributed by atoms with Crippen molar-refractivity contribution in [1.29, 1.82) is 0 Å². The van der Waals surface area contributed by atoms with E-state index in [1.165, 1.54) is 42.4 Å². The van der Waals surface area contributed by atoms with Crippen molar-refractivity contribution in [3.8, 4) is 0 Å². The van der Waals surface area contributed by atoms with E-state index in [1.807, 2.05) is 0 Å². The highest BCUT2D eigenvalue weighted by atomic mass is 16.1. The number of hydrogen-bond donors (Lipinski definition) is 2. The lowest BCUT2D eigenvalue weighted by Crippen LogP contribution is -2.31. The SMILES string of the molecule is CCCC(CC1CCCC1)C(=O)NCc1ccc2c(c1)CNC2. The molecule has 0 saturated heterocycles. The fourth-order valence-electron chi connectivity index (χ4n) is 4.14. The van der Waals surface area contributed by atoms with Gasteiger partial charge in [0.15, 0.2) is 0 Å². The van der Waals surface area contributed by atoms with Crippen LogP contribution < -0.4 is 10.6 Å². The first-order chi connectivity index (χ1) is 11.3. The van der Waals surface area contributed by atoms with Crippen LogP contribution in [0.25, 0.3) is 0 Å². The molecule has 2 aliphatic rings. The maximum absolute atomic E-state index is 12.6. The number of hydrogen-bond acceptors (Lipinski definition) is 2. The molecule has 0 bridgehead atoms. The first-order valence-electron chi connectivity index (χ1n) is 9.35. The Morgan fingerprint density at radius 2 is 2.04 bits per heavy atom. The largest absolute Gasteiger partial charge is 0.352 e. The van der Waals surface area contributed by atoms with Crippen molar-refractivity contribution in [2.24, 2.45) is 11.8 Å². The van der Waals surface area contributed by atoms with Gasteiger partial charge in [-0.3, -0.25) is 4.79 Å². The number of carbonyl (C=O) groups excluding carboxylic acids is 1. The first-order valence-corrected chi connectivity index (χ1v) is 9.35. The van der Waals surface area contributed by atoms with Gasteiger partial charge in [0, 0.05) is 25.6 Å². The molecule has 126 valence electrons. The molecule has 1 atom stereocenters. The maximum Gasteiger partial charge on any atom is 0.223 e. The molecule has 3 rings (SSSR count). The summed E-state index contributed by atoms with van der Waals surface area (Å²) >= 11 is 0. The molecule has 1 fully saturated rings. The van der Waals surface area contributed by atoms with E-state index in [9.17, 15) is 4.79 Å². The Labute approximate surface area is 140 Å². The summed E-state index contributed by atoms with van der Waals surface area (Å²) < 4.78 is 0. The van der Waals surface area contributed by atoms with Crippen LogP contribution in [0, 0.1) is 11.8 Å². The number of fused-ring (bicyclic) bond motifs is 1. The number of nitrogens with one attached hydrogen (secondary N) is 2. The molecular formula is C20H30N2O. The fraction of sp³-hybridized carbons (Fsp3) is 0.650. The zero-order valence-corrected chi connectivity index (χ0v) is 14.4. The molecule has 1 aliphatic carbocycles. The van der Waals surface area contributed by atoms with Crippen LogP contribution in [0.5, 0.6) is 0 Å². The second kappa shape index (κ2) is 7.96. The molecule has 1 aromatic rings. The molecule has 1 saturated carbocycles. The van der Waals surface area contributed by atoms with E-state index in [2.05, 4.69) is 35.8 Å². The van der Waals surface area contributed by atoms with E-state index in [1.54, 1.807) is 0 Å². The van der Waals surface area contributed by atoms with Gasteiger partial charge in [0.25, 0.3) is 0 Å². The molecule has 2 N–H and O–H groups in total. The van der Waals surface area contributed by atoms with Gasteiger partial charge in [0.2, 0.25) is 5.91 Å². The summed E-state index contributed by atoms with van der Waals surface area (Å²) in [6, 6.07) is 6.58. The number of carbonyl (C=O) groups is 1. The topological polar surface area (TPSA) is 41.1 Å². The van der Waals surface area contributed by atoms with Gasteiger partial charge in [0.05, 0.1) is 0 Å². The highest BCUT2D eigenvalue weighted by Gasteiger charge is 2.24. The van der Waals surface area contributed by atoms with Crippen molar-refractivity contribution < 1.29 is 4.79 Å². The van der Waals surface area contributed by atoms with Gasteiger partial charge in [-0.1, -0.05) is 57.2 Å². The number of benzene rings is 1. The molecule has 1 unspecified atom stereocenters. The van der Waals surface area contributed by atoms with E-state index >= 15 is 0 Å². The Kier molecular flexibility index (Phi) is 5.71. The molecule has 3 nitrogen and oxygen atoms in total. The minimum atomic E-state index is 0.208. The average molecular weight is 314 g/mol. The minimum Gasteiger partial charge on any atom is -0.352 e. The fourth-order valence-corrected chi connectivity index (χ4v) is 4.14. The monoisotopic (exact) mass is 314 g/mol. The van der Waals surface area contributed by atoms with E-state index in [0.29, 0.717) is 6.54 Å². The van der Waals surface area contributed by atoms with Crippen LogP contribution >= 0.6 is 0 Å². The summed E-state index contributed by atoms with van der Waals surface area (Å²) in [5.74, 6) is 1.25. The lowest BCUT2D eigenvalue weighted by molar-refractivity contribution is -0.126.